The van der Waals surface area contributed by atoms with E-state index in [4.69, 9.17) is 11.6 Å². The molecule has 0 amide bonds. The monoisotopic (exact) mass is 240 g/mol. The van der Waals surface area contributed by atoms with Gasteiger partial charge in [-0.05, 0) is 12.8 Å². The molecule has 4 nitrogen and oxygen atoms in total. The number of halogens is 1. The molecule has 0 bridgehead atoms. The van der Waals surface area contributed by atoms with Gasteiger partial charge in [0.25, 0.3) is 0 Å². The van der Waals surface area contributed by atoms with E-state index in [9.17, 15) is 0 Å². The van der Waals surface area contributed by atoms with E-state index in [0.717, 1.165) is 5.82 Å². The van der Waals surface area contributed by atoms with Gasteiger partial charge in [-0.3, -0.25) is 0 Å². The first-order chi connectivity index (χ1) is 7.78. The maximum Gasteiger partial charge on any atom is 0.226 e. The number of hydrogen-bond acceptors (Lipinski definition) is 4. The molecule has 1 aliphatic carbocycles. The van der Waals surface area contributed by atoms with Crippen LogP contribution in [0.25, 0.3) is 0 Å². The fraction of sp³-hybridized carbons (Fsp3) is 0.636. The van der Waals surface area contributed by atoms with Gasteiger partial charge in [0.2, 0.25) is 5.95 Å². The smallest absolute Gasteiger partial charge is 0.226 e. The molecule has 1 saturated carbocycles. The predicted molar refractivity (Wildman–Crippen MR) is 67.1 cm³/mol. The Morgan fingerprint density at radius 1 is 1.25 bits per heavy atom. The minimum absolute atomic E-state index is 0.470. The number of nitrogens with one attached hydrogen (secondary N) is 2. The predicted octanol–water partition coefficient (Wildman–Crippen LogP) is 2.92. The Morgan fingerprint density at radius 2 is 2.00 bits per heavy atom. The molecule has 2 rings (SSSR count). The van der Waals surface area contributed by atoms with E-state index < -0.39 is 0 Å². The molecule has 0 unspecified atom stereocenters. The third kappa shape index (κ3) is 2.98. The van der Waals surface area contributed by atoms with Gasteiger partial charge in [0.15, 0.2) is 0 Å². The Kier molecular flexibility index (Phi) is 3.83. The molecule has 1 aliphatic rings. The van der Waals surface area contributed by atoms with Gasteiger partial charge in [-0.1, -0.05) is 30.9 Å². The van der Waals surface area contributed by atoms with Gasteiger partial charge in [-0.15, -0.1) is 0 Å². The summed E-state index contributed by atoms with van der Waals surface area (Å²) in [5.41, 5.74) is 0. The van der Waals surface area contributed by atoms with Crippen molar-refractivity contribution < 1.29 is 0 Å². The van der Waals surface area contributed by atoms with Crippen LogP contribution in [-0.4, -0.2) is 23.1 Å². The average Bonchev–Trinajstić information content (AvgIpc) is 2.29. The van der Waals surface area contributed by atoms with Crippen molar-refractivity contribution in [3.8, 4) is 0 Å². The molecular formula is C11H17ClN4. The highest BCUT2D eigenvalue weighted by atomic mass is 35.5. The second kappa shape index (κ2) is 5.34. The summed E-state index contributed by atoms with van der Waals surface area (Å²) in [5, 5.41) is 6.79. The van der Waals surface area contributed by atoms with E-state index >= 15 is 0 Å². The van der Waals surface area contributed by atoms with Crippen molar-refractivity contribution in [3.63, 3.8) is 0 Å². The summed E-state index contributed by atoms with van der Waals surface area (Å²) >= 11 is 5.92. The minimum Gasteiger partial charge on any atom is -0.373 e. The Hall–Kier alpha value is -1.03. The SMILES string of the molecule is CNc1cc(Cl)nc(NC2CCCCC2)n1. The normalized spacial score (nSPS) is 17.1. The van der Waals surface area contributed by atoms with E-state index in [-0.39, 0.29) is 0 Å². The van der Waals surface area contributed by atoms with Crippen molar-refractivity contribution in [2.75, 3.05) is 17.7 Å². The molecule has 1 aromatic heterocycles. The van der Waals surface area contributed by atoms with Gasteiger partial charge in [0.1, 0.15) is 11.0 Å². The van der Waals surface area contributed by atoms with Crippen LogP contribution in [0.15, 0.2) is 6.07 Å². The first kappa shape index (κ1) is 11.5. The lowest BCUT2D eigenvalue weighted by molar-refractivity contribution is 0.461. The van der Waals surface area contributed by atoms with Crippen molar-refractivity contribution in [2.24, 2.45) is 0 Å². The molecule has 16 heavy (non-hydrogen) atoms. The molecule has 0 aliphatic heterocycles. The van der Waals surface area contributed by atoms with Crippen LogP contribution >= 0.6 is 11.6 Å². The molecule has 0 atom stereocenters. The molecule has 5 heteroatoms. The van der Waals surface area contributed by atoms with Crippen LogP contribution in [0.3, 0.4) is 0 Å². The van der Waals surface area contributed by atoms with Crippen LogP contribution in [0.5, 0.6) is 0 Å². The highest BCUT2D eigenvalue weighted by Crippen LogP contribution is 2.21. The van der Waals surface area contributed by atoms with Crippen molar-refractivity contribution in [3.05, 3.63) is 11.2 Å². The van der Waals surface area contributed by atoms with Gasteiger partial charge in [0, 0.05) is 19.2 Å². The van der Waals surface area contributed by atoms with Crippen LogP contribution in [0.1, 0.15) is 32.1 Å². The summed E-state index contributed by atoms with van der Waals surface area (Å²) in [5.74, 6) is 1.38. The lowest BCUT2D eigenvalue weighted by Crippen LogP contribution is -2.23. The summed E-state index contributed by atoms with van der Waals surface area (Å²) in [4.78, 5) is 8.51. The fourth-order valence-corrected chi connectivity index (χ4v) is 2.22. The molecule has 0 aromatic carbocycles. The first-order valence-electron chi connectivity index (χ1n) is 5.77. The first-order valence-corrected chi connectivity index (χ1v) is 6.14. The van der Waals surface area contributed by atoms with Crippen molar-refractivity contribution in [1.82, 2.24) is 9.97 Å². The molecule has 0 saturated heterocycles. The maximum absolute atomic E-state index is 5.92. The molecule has 1 heterocycles. The van der Waals surface area contributed by atoms with E-state index in [1.54, 1.807) is 6.07 Å². The lowest BCUT2D eigenvalue weighted by atomic mass is 9.96. The van der Waals surface area contributed by atoms with Gasteiger partial charge in [-0.2, -0.15) is 4.98 Å². The highest BCUT2D eigenvalue weighted by molar-refractivity contribution is 6.29. The van der Waals surface area contributed by atoms with E-state index in [0.29, 0.717) is 17.1 Å². The number of aromatic nitrogens is 2. The molecular weight excluding hydrogens is 224 g/mol. The molecule has 0 spiro atoms. The van der Waals surface area contributed by atoms with Crippen LogP contribution in [0.2, 0.25) is 5.15 Å². The van der Waals surface area contributed by atoms with Crippen LogP contribution in [0, 0.1) is 0 Å². The van der Waals surface area contributed by atoms with Crippen molar-refractivity contribution in [2.45, 2.75) is 38.1 Å². The second-order valence-corrected chi connectivity index (χ2v) is 4.52. The summed E-state index contributed by atoms with van der Waals surface area (Å²) in [6, 6.07) is 2.21. The van der Waals surface area contributed by atoms with Crippen LogP contribution in [0.4, 0.5) is 11.8 Å². The lowest BCUT2D eigenvalue weighted by Gasteiger charge is -2.22. The minimum atomic E-state index is 0.470. The van der Waals surface area contributed by atoms with Crippen molar-refractivity contribution >= 4 is 23.4 Å². The average molecular weight is 241 g/mol. The number of anilines is 2. The van der Waals surface area contributed by atoms with E-state index in [1.807, 2.05) is 7.05 Å². The van der Waals surface area contributed by atoms with Gasteiger partial charge in [-0.25, -0.2) is 4.98 Å². The summed E-state index contributed by atoms with van der Waals surface area (Å²) in [6.45, 7) is 0. The zero-order chi connectivity index (χ0) is 11.4. The Morgan fingerprint density at radius 3 is 2.69 bits per heavy atom. The highest BCUT2D eigenvalue weighted by Gasteiger charge is 2.14. The summed E-state index contributed by atoms with van der Waals surface area (Å²) in [6.07, 6.45) is 6.32. The molecule has 0 radical (unpaired) electrons. The molecule has 2 N–H and O–H groups in total. The zero-order valence-corrected chi connectivity index (χ0v) is 10.2. The fourth-order valence-electron chi connectivity index (χ4n) is 2.04. The van der Waals surface area contributed by atoms with Crippen LogP contribution < -0.4 is 10.6 Å². The van der Waals surface area contributed by atoms with Gasteiger partial charge < -0.3 is 10.6 Å². The second-order valence-electron chi connectivity index (χ2n) is 4.13. The van der Waals surface area contributed by atoms with E-state index in [2.05, 4.69) is 20.6 Å². The number of rotatable bonds is 3. The third-order valence-electron chi connectivity index (χ3n) is 2.89. The van der Waals surface area contributed by atoms with Crippen molar-refractivity contribution in [1.29, 1.82) is 0 Å². The Labute approximate surface area is 101 Å². The largest absolute Gasteiger partial charge is 0.373 e. The van der Waals surface area contributed by atoms with Gasteiger partial charge >= 0.3 is 0 Å². The zero-order valence-electron chi connectivity index (χ0n) is 9.46. The maximum atomic E-state index is 5.92. The topological polar surface area (TPSA) is 49.8 Å². The summed E-state index contributed by atoms with van der Waals surface area (Å²) < 4.78 is 0. The Balaban J connectivity index is 2.04. The third-order valence-corrected chi connectivity index (χ3v) is 3.08. The summed E-state index contributed by atoms with van der Waals surface area (Å²) in [7, 11) is 1.82. The standard InChI is InChI=1S/C11H17ClN4/c1-13-10-7-9(12)15-11(16-10)14-8-5-3-2-4-6-8/h7-8H,2-6H2,1H3,(H2,13,14,15,16). The van der Waals surface area contributed by atoms with Crippen LogP contribution in [-0.2, 0) is 0 Å². The number of hydrogen-bond donors (Lipinski definition) is 2. The molecule has 88 valence electrons. The molecule has 1 fully saturated rings. The molecule has 1 aromatic rings. The number of nitrogens with zero attached hydrogens (tertiary/aromatic N) is 2. The van der Waals surface area contributed by atoms with Gasteiger partial charge in [0.05, 0.1) is 0 Å². The Bertz CT molecular complexity index is 350. The van der Waals surface area contributed by atoms with E-state index in [1.165, 1.54) is 32.1 Å². The quantitative estimate of drug-likeness (QED) is 0.798.